The first-order chi connectivity index (χ1) is 12.2. The lowest BCUT2D eigenvalue weighted by Gasteiger charge is -2.26. The van der Waals surface area contributed by atoms with Crippen LogP contribution in [0.2, 0.25) is 0 Å². The molecule has 1 fully saturated rings. The van der Waals surface area contributed by atoms with Gasteiger partial charge in [-0.15, -0.1) is 0 Å². The first-order valence-electron chi connectivity index (χ1n) is 8.35. The molecule has 1 aromatic carbocycles. The Morgan fingerprint density at radius 2 is 1.84 bits per heavy atom. The number of nitrogens with zero attached hydrogens (tertiary/aromatic N) is 3. The summed E-state index contributed by atoms with van der Waals surface area (Å²) in [5, 5.41) is 2.85. The van der Waals surface area contributed by atoms with E-state index in [-0.39, 0.29) is 11.9 Å². The van der Waals surface area contributed by atoms with Crippen molar-refractivity contribution < 1.29 is 9.53 Å². The molecule has 2 heterocycles. The van der Waals surface area contributed by atoms with Crippen LogP contribution in [0.4, 0.5) is 5.95 Å². The number of aromatic nitrogens is 2. The number of morpholine rings is 1. The number of hydrogen-bond acceptors (Lipinski definition) is 5. The fourth-order valence-corrected chi connectivity index (χ4v) is 2.72. The molecule has 1 atom stereocenters. The van der Waals surface area contributed by atoms with E-state index in [4.69, 9.17) is 4.74 Å². The molecule has 0 spiro atoms. The molecule has 2 aromatic rings. The molecule has 3 rings (SSSR count). The van der Waals surface area contributed by atoms with Gasteiger partial charge >= 0.3 is 0 Å². The van der Waals surface area contributed by atoms with Gasteiger partial charge in [0.2, 0.25) is 11.9 Å². The van der Waals surface area contributed by atoms with Crippen molar-refractivity contribution in [1.82, 2.24) is 15.3 Å². The van der Waals surface area contributed by atoms with Crippen LogP contribution in [0.15, 0.2) is 49.3 Å². The molecule has 1 aromatic heterocycles. The summed E-state index contributed by atoms with van der Waals surface area (Å²) in [4.78, 5) is 22.5. The van der Waals surface area contributed by atoms with Gasteiger partial charge in [-0.2, -0.15) is 0 Å². The van der Waals surface area contributed by atoms with Crippen molar-refractivity contribution in [2.75, 3.05) is 31.2 Å². The number of carbonyl (C=O) groups is 1. The van der Waals surface area contributed by atoms with Crippen molar-refractivity contribution in [3.63, 3.8) is 0 Å². The first kappa shape index (κ1) is 17.1. The van der Waals surface area contributed by atoms with Gasteiger partial charge in [0, 0.05) is 31.0 Å². The van der Waals surface area contributed by atoms with E-state index in [1.54, 1.807) is 0 Å². The number of anilines is 1. The van der Waals surface area contributed by atoms with Crippen LogP contribution in [0, 0.1) is 0 Å². The molecule has 1 N–H and O–H groups in total. The lowest BCUT2D eigenvalue weighted by Crippen LogP contribution is -2.37. The highest BCUT2D eigenvalue weighted by Gasteiger charge is 2.13. The zero-order valence-electron chi connectivity index (χ0n) is 14.3. The number of amides is 1. The minimum Gasteiger partial charge on any atom is -0.378 e. The Bertz CT molecular complexity index is 722. The number of carbonyl (C=O) groups excluding carboxylic acids is 1. The minimum absolute atomic E-state index is 0.0699. The van der Waals surface area contributed by atoms with E-state index in [2.05, 4.69) is 26.8 Å². The van der Waals surface area contributed by atoms with Crippen molar-refractivity contribution in [3.8, 4) is 11.1 Å². The summed E-state index contributed by atoms with van der Waals surface area (Å²) < 4.78 is 5.35. The van der Waals surface area contributed by atoms with Gasteiger partial charge in [0.25, 0.3) is 0 Å². The van der Waals surface area contributed by atoms with Gasteiger partial charge in [0.05, 0.1) is 19.3 Å². The third-order valence-corrected chi connectivity index (χ3v) is 4.22. The van der Waals surface area contributed by atoms with E-state index >= 15 is 0 Å². The van der Waals surface area contributed by atoms with Crippen LogP contribution in [0.3, 0.4) is 0 Å². The van der Waals surface area contributed by atoms with E-state index < -0.39 is 0 Å². The first-order valence-corrected chi connectivity index (χ1v) is 8.35. The van der Waals surface area contributed by atoms with E-state index in [9.17, 15) is 4.79 Å². The summed E-state index contributed by atoms with van der Waals surface area (Å²) in [5.74, 6) is 0.563. The second-order valence-electron chi connectivity index (χ2n) is 5.93. The van der Waals surface area contributed by atoms with Crippen molar-refractivity contribution in [3.05, 3.63) is 54.9 Å². The van der Waals surface area contributed by atoms with Crippen LogP contribution >= 0.6 is 0 Å². The largest absolute Gasteiger partial charge is 0.378 e. The molecule has 0 aliphatic carbocycles. The van der Waals surface area contributed by atoms with Gasteiger partial charge in [-0.25, -0.2) is 9.97 Å². The van der Waals surface area contributed by atoms with E-state index in [0.29, 0.717) is 13.2 Å². The molecule has 0 bridgehead atoms. The van der Waals surface area contributed by atoms with Crippen LogP contribution in [-0.4, -0.2) is 42.2 Å². The van der Waals surface area contributed by atoms with Crippen molar-refractivity contribution >= 4 is 11.9 Å². The van der Waals surface area contributed by atoms with Gasteiger partial charge < -0.3 is 15.0 Å². The maximum absolute atomic E-state index is 11.4. The molecule has 1 aliphatic rings. The third-order valence-electron chi connectivity index (χ3n) is 4.22. The van der Waals surface area contributed by atoms with Crippen molar-refractivity contribution in [1.29, 1.82) is 0 Å². The molecule has 0 saturated carbocycles. The van der Waals surface area contributed by atoms with Gasteiger partial charge in [-0.3, -0.25) is 4.79 Å². The topological polar surface area (TPSA) is 67.4 Å². The molecule has 6 nitrogen and oxygen atoms in total. The second-order valence-corrected chi connectivity index (χ2v) is 5.93. The molecule has 1 saturated heterocycles. The molecule has 130 valence electrons. The average Bonchev–Trinajstić information content (AvgIpc) is 2.69. The molecule has 0 unspecified atom stereocenters. The van der Waals surface area contributed by atoms with E-state index in [1.165, 1.54) is 6.08 Å². The Hall–Kier alpha value is -2.73. The summed E-state index contributed by atoms with van der Waals surface area (Å²) in [6, 6.07) is 7.95. The zero-order valence-corrected chi connectivity index (χ0v) is 14.3. The number of hydrogen-bond donors (Lipinski definition) is 1. The monoisotopic (exact) mass is 338 g/mol. The maximum atomic E-state index is 11.4. The third kappa shape index (κ3) is 4.22. The Kier molecular flexibility index (Phi) is 5.40. The fourth-order valence-electron chi connectivity index (χ4n) is 2.72. The highest BCUT2D eigenvalue weighted by atomic mass is 16.5. The molecule has 1 amide bonds. The minimum atomic E-state index is -0.177. The lowest BCUT2D eigenvalue weighted by atomic mass is 10.0. The number of nitrogens with one attached hydrogen (secondary N) is 1. The standard InChI is InChI=1S/C19H22N4O2/c1-3-18(24)22-14(2)15-4-6-16(7-5-15)17-12-20-19(21-13-17)23-8-10-25-11-9-23/h3-7,12-14H,1,8-11H2,2H3,(H,22,24)/t14-/m1/s1. The maximum Gasteiger partial charge on any atom is 0.243 e. The van der Waals surface area contributed by atoms with Crippen LogP contribution in [0.5, 0.6) is 0 Å². The van der Waals surface area contributed by atoms with Gasteiger partial charge in [0.15, 0.2) is 0 Å². The molecular weight excluding hydrogens is 316 g/mol. The predicted molar refractivity (Wildman–Crippen MR) is 97.3 cm³/mol. The molecular formula is C19H22N4O2. The van der Waals surface area contributed by atoms with E-state index in [1.807, 2.05) is 43.6 Å². The highest BCUT2D eigenvalue weighted by Crippen LogP contribution is 2.22. The summed E-state index contributed by atoms with van der Waals surface area (Å²) in [7, 11) is 0. The number of ether oxygens (including phenoxy) is 1. The van der Waals surface area contributed by atoms with Crippen molar-refractivity contribution in [2.24, 2.45) is 0 Å². The van der Waals surface area contributed by atoms with Gasteiger partial charge in [-0.05, 0) is 24.1 Å². The molecule has 6 heteroatoms. The zero-order chi connectivity index (χ0) is 17.6. The van der Waals surface area contributed by atoms with Crippen LogP contribution in [-0.2, 0) is 9.53 Å². The van der Waals surface area contributed by atoms with Crippen LogP contribution in [0.25, 0.3) is 11.1 Å². The number of benzene rings is 1. The normalized spacial score (nSPS) is 15.5. The summed E-state index contributed by atoms with van der Waals surface area (Å²) in [6.45, 7) is 8.48. The summed E-state index contributed by atoms with van der Waals surface area (Å²) >= 11 is 0. The quantitative estimate of drug-likeness (QED) is 0.848. The molecule has 1 aliphatic heterocycles. The highest BCUT2D eigenvalue weighted by molar-refractivity contribution is 5.87. The Morgan fingerprint density at radius 1 is 1.20 bits per heavy atom. The SMILES string of the molecule is C=CC(=O)N[C@H](C)c1ccc(-c2cnc(N3CCOCC3)nc2)cc1. The Balaban J connectivity index is 1.69. The van der Waals surface area contributed by atoms with Gasteiger partial charge in [-0.1, -0.05) is 30.8 Å². The smallest absolute Gasteiger partial charge is 0.243 e. The summed E-state index contributed by atoms with van der Waals surface area (Å²) in [5.41, 5.74) is 3.04. The summed E-state index contributed by atoms with van der Waals surface area (Å²) in [6.07, 6.45) is 4.96. The Labute approximate surface area is 147 Å². The fraction of sp³-hybridized carbons (Fsp3) is 0.316. The average molecular weight is 338 g/mol. The second kappa shape index (κ2) is 7.90. The van der Waals surface area contributed by atoms with E-state index in [0.717, 1.165) is 35.7 Å². The lowest BCUT2D eigenvalue weighted by molar-refractivity contribution is -0.117. The number of rotatable bonds is 5. The molecule has 0 radical (unpaired) electrons. The van der Waals surface area contributed by atoms with Gasteiger partial charge in [0.1, 0.15) is 0 Å². The molecule has 25 heavy (non-hydrogen) atoms. The van der Waals surface area contributed by atoms with Crippen LogP contribution in [0.1, 0.15) is 18.5 Å². The van der Waals surface area contributed by atoms with Crippen LogP contribution < -0.4 is 10.2 Å². The Morgan fingerprint density at radius 3 is 2.44 bits per heavy atom. The predicted octanol–water partition coefficient (Wildman–Crippen LogP) is 2.34. The van der Waals surface area contributed by atoms with Crippen molar-refractivity contribution in [2.45, 2.75) is 13.0 Å².